The first-order valence-corrected chi connectivity index (χ1v) is 14.7. The molecule has 2 aliphatic carbocycles. The fourth-order valence-electron chi connectivity index (χ4n) is 5.62. The number of nitrogens with zero attached hydrogens (tertiary/aromatic N) is 6. The van der Waals surface area contributed by atoms with E-state index in [1.54, 1.807) is 6.07 Å². The molecule has 0 unspecified atom stereocenters. The van der Waals surface area contributed by atoms with Gasteiger partial charge in [-0.1, -0.05) is 6.07 Å². The van der Waals surface area contributed by atoms with Crippen LogP contribution in [0.5, 0.6) is 5.88 Å². The van der Waals surface area contributed by atoms with Crippen molar-refractivity contribution in [1.82, 2.24) is 34.7 Å². The van der Waals surface area contributed by atoms with Gasteiger partial charge in [-0.2, -0.15) is 13.2 Å². The van der Waals surface area contributed by atoms with Gasteiger partial charge in [0.25, 0.3) is 0 Å². The van der Waals surface area contributed by atoms with Gasteiger partial charge >= 0.3 is 6.18 Å². The number of aromatic nitrogens is 5. The average molecular weight is 592 g/mol. The lowest BCUT2D eigenvalue weighted by Gasteiger charge is -2.35. The summed E-state index contributed by atoms with van der Waals surface area (Å²) in [5.41, 5.74) is 3.25. The fraction of sp³-hybridized carbons (Fsp3) is 0.452. The van der Waals surface area contributed by atoms with Gasteiger partial charge in [0, 0.05) is 68.6 Å². The van der Waals surface area contributed by atoms with Gasteiger partial charge in [0.1, 0.15) is 24.2 Å². The molecule has 0 radical (unpaired) electrons. The van der Waals surface area contributed by atoms with Gasteiger partial charge in [-0.05, 0) is 55.5 Å². The minimum atomic E-state index is -4.28. The van der Waals surface area contributed by atoms with E-state index >= 15 is 0 Å². The van der Waals surface area contributed by atoms with Crippen LogP contribution in [0.1, 0.15) is 42.8 Å². The van der Waals surface area contributed by atoms with Crippen LogP contribution in [0.4, 0.5) is 13.2 Å². The molecule has 3 aliphatic rings. The summed E-state index contributed by atoms with van der Waals surface area (Å²) in [5.74, 6) is 1.49. The van der Waals surface area contributed by atoms with Gasteiger partial charge in [0.15, 0.2) is 0 Å². The number of ether oxygens (including phenoxy) is 1. The molecule has 2 saturated carbocycles. The van der Waals surface area contributed by atoms with E-state index in [2.05, 4.69) is 30.9 Å². The van der Waals surface area contributed by atoms with Gasteiger partial charge in [0.05, 0.1) is 16.7 Å². The van der Waals surface area contributed by atoms with Crippen LogP contribution in [-0.4, -0.2) is 79.6 Å². The Bertz CT molecular complexity index is 1640. The van der Waals surface area contributed by atoms with Crippen molar-refractivity contribution in [2.24, 2.45) is 11.3 Å². The predicted molar refractivity (Wildman–Crippen MR) is 152 cm³/mol. The van der Waals surface area contributed by atoms with Gasteiger partial charge < -0.3 is 14.6 Å². The van der Waals surface area contributed by atoms with Crippen LogP contribution in [0.2, 0.25) is 0 Å². The van der Waals surface area contributed by atoms with Crippen molar-refractivity contribution >= 4 is 16.9 Å². The number of aromatic amines is 1. The molecule has 1 amide bonds. The molecule has 1 saturated heterocycles. The second-order valence-electron chi connectivity index (χ2n) is 11.9. The molecule has 4 aromatic rings. The number of carbonyl (C=O) groups excluding carboxylic acids is 1. The predicted octanol–water partition coefficient (Wildman–Crippen LogP) is 4.78. The highest BCUT2D eigenvalue weighted by molar-refractivity contribution is 5.82. The number of fused-ring (bicyclic) bond motifs is 1. The van der Waals surface area contributed by atoms with Crippen molar-refractivity contribution in [3.05, 3.63) is 66.0 Å². The highest BCUT2D eigenvalue weighted by atomic mass is 19.4. The summed E-state index contributed by atoms with van der Waals surface area (Å²) in [6, 6.07) is 11.4. The second kappa shape index (κ2) is 10.9. The molecule has 9 nitrogen and oxygen atoms in total. The lowest BCUT2D eigenvalue weighted by Crippen LogP contribution is -2.48. The molecule has 4 heterocycles. The van der Waals surface area contributed by atoms with Crippen LogP contribution in [0.25, 0.3) is 22.3 Å². The number of carbonyl (C=O) groups is 1. The number of H-pyrrole nitrogens is 1. The maximum atomic E-state index is 13.3. The number of piperazine rings is 1. The summed E-state index contributed by atoms with van der Waals surface area (Å²) in [5, 5.41) is 0. The molecule has 12 heteroatoms. The zero-order valence-corrected chi connectivity index (χ0v) is 23.6. The molecule has 224 valence electrons. The summed E-state index contributed by atoms with van der Waals surface area (Å²) in [4.78, 5) is 37.7. The normalized spacial score (nSPS) is 18.6. The number of hydrogen-bond acceptors (Lipinski definition) is 7. The molecule has 0 bridgehead atoms. The lowest BCUT2D eigenvalue weighted by molar-refractivity contribution is -0.194. The van der Waals surface area contributed by atoms with Crippen LogP contribution < -0.4 is 4.74 Å². The smallest absolute Gasteiger partial charge is 0.397 e. The molecule has 1 aliphatic heterocycles. The summed E-state index contributed by atoms with van der Waals surface area (Å²) >= 11 is 0. The monoisotopic (exact) mass is 591 g/mol. The zero-order chi connectivity index (χ0) is 29.6. The van der Waals surface area contributed by atoms with Gasteiger partial charge in [0.2, 0.25) is 11.8 Å². The standard InChI is InChI=1S/C31H32F3N7O2/c32-31(33,34)30(6-7-30)18-43-28-16-25(36-19-37-28)22-3-4-24-26(14-22)39-27(38-24)15-23-13-20(5-8-35-23)17-40-9-11-41(12-10-40)29(42)21-1-2-21/h3-5,8,13-14,16,19,21H,1-2,6-7,9-12,15,17-18H2,(H,38,39). The Morgan fingerprint density at radius 2 is 1.84 bits per heavy atom. The van der Waals surface area contributed by atoms with E-state index < -0.39 is 18.2 Å². The van der Waals surface area contributed by atoms with E-state index in [0.29, 0.717) is 18.0 Å². The first-order chi connectivity index (χ1) is 20.7. The largest absolute Gasteiger partial charge is 0.477 e. The number of hydrogen-bond donors (Lipinski definition) is 1. The first-order valence-electron chi connectivity index (χ1n) is 14.7. The minimum absolute atomic E-state index is 0.0773. The van der Waals surface area contributed by atoms with E-state index in [4.69, 9.17) is 9.72 Å². The second-order valence-corrected chi connectivity index (χ2v) is 11.9. The number of alkyl halides is 3. The number of benzene rings is 1. The molecule has 1 aromatic carbocycles. The quantitative estimate of drug-likeness (QED) is 0.299. The third-order valence-electron chi connectivity index (χ3n) is 8.67. The number of halogens is 3. The lowest BCUT2D eigenvalue weighted by atomic mass is 10.1. The molecular formula is C31H32F3N7O2. The molecule has 3 fully saturated rings. The Morgan fingerprint density at radius 3 is 2.58 bits per heavy atom. The molecule has 0 atom stereocenters. The Morgan fingerprint density at radius 1 is 1.02 bits per heavy atom. The Balaban J connectivity index is 0.987. The van der Waals surface area contributed by atoms with E-state index in [1.807, 2.05) is 35.4 Å². The molecule has 43 heavy (non-hydrogen) atoms. The van der Waals surface area contributed by atoms with Crippen LogP contribution in [-0.2, 0) is 17.8 Å². The van der Waals surface area contributed by atoms with Gasteiger partial charge in [-0.3, -0.25) is 14.7 Å². The van der Waals surface area contributed by atoms with E-state index in [1.165, 1.54) is 11.9 Å². The van der Waals surface area contributed by atoms with Gasteiger partial charge in [-0.15, -0.1) is 0 Å². The highest BCUT2D eigenvalue weighted by Gasteiger charge is 2.64. The molecule has 7 rings (SSSR count). The van der Waals surface area contributed by atoms with Crippen molar-refractivity contribution in [2.75, 3.05) is 32.8 Å². The van der Waals surface area contributed by atoms with E-state index in [0.717, 1.165) is 73.7 Å². The SMILES string of the molecule is O=C(C1CC1)N1CCN(Cc2ccnc(Cc3nc4ccc(-c5cc(OCC6(C(F)(F)F)CC6)ncn5)cc4[nH]3)c2)CC1. The van der Waals surface area contributed by atoms with Crippen molar-refractivity contribution in [1.29, 1.82) is 0 Å². The minimum Gasteiger partial charge on any atom is -0.477 e. The van der Waals surface area contributed by atoms with Crippen LogP contribution in [0.3, 0.4) is 0 Å². The molecule has 3 aromatic heterocycles. The van der Waals surface area contributed by atoms with Gasteiger partial charge in [-0.25, -0.2) is 15.0 Å². The van der Waals surface area contributed by atoms with Crippen molar-refractivity contribution in [2.45, 2.75) is 44.8 Å². The Kier molecular flexibility index (Phi) is 7.03. The van der Waals surface area contributed by atoms with E-state index in [-0.39, 0.29) is 24.6 Å². The Labute approximate surface area is 246 Å². The highest BCUT2D eigenvalue weighted by Crippen LogP contribution is 2.57. The Hall–Kier alpha value is -4.06. The summed E-state index contributed by atoms with van der Waals surface area (Å²) < 4.78 is 45.2. The third-order valence-corrected chi connectivity index (χ3v) is 8.67. The number of amides is 1. The number of rotatable bonds is 9. The van der Waals surface area contributed by atoms with E-state index in [9.17, 15) is 18.0 Å². The fourth-order valence-corrected chi connectivity index (χ4v) is 5.62. The average Bonchev–Trinajstić information content (AvgIpc) is 3.93. The summed E-state index contributed by atoms with van der Waals surface area (Å²) in [6.07, 6.45) is 1.62. The molecular weight excluding hydrogens is 559 g/mol. The topological polar surface area (TPSA) is 100 Å². The summed E-state index contributed by atoms with van der Waals surface area (Å²) in [6.45, 7) is 3.69. The summed E-state index contributed by atoms with van der Waals surface area (Å²) in [7, 11) is 0. The zero-order valence-electron chi connectivity index (χ0n) is 23.6. The number of pyridine rings is 1. The number of nitrogens with one attached hydrogen (secondary N) is 1. The first kappa shape index (κ1) is 27.8. The molecule has 0 spiro atoms. The van der Waals surface area contributed by atoms with Crippen LogP contribution in [0, 0.1) is 11.3 Å². The number of imidazole rings is 1. The van der Waals surface area contributed by atoms with Crippen molar-refractivity contribution < 1.29 is 22.7 Å². The van der Waals surface area contributed by atoms with Crippen molar-refractivity contribution in [3.63, 3.8) is 0 Å². The van der Waals surface area contributed by atoms with Crippen LogP contribution >= 0.6 is 0 Å². The van der Waals surface area contributed by atoms with Crippen LogP contribution in [0.15, 0.2) is 48.9 Å². The third kappa shape index (κ3) is 6.06. The van der Waals surface area contributed by atoms with Crippen molar-refractivity contribution in [3.8, 4) is 17.1 Å². The maximum Gasteiger partial charge on any atom is 0.397 e. The maximum absolute atomic E-state index is 13.3. The molecule has 1 N–H and O–H groups in total.